The molecule has 0 aromatic heterocycles. The molecule has 0 amide bonds. The molecule has 2 N–H and O–H groups in total. The van der Waals surface area contributed by atoms with E-state index in [1.54, 1.807) is 7.11 Å². The van der Waals surface area contributed by atoms with Crippen LogP contribution in [-0.2, 0) is 9.57 Å². The Kier molecular flexibility index (Phi) is 7.77. The van der Waals surface area contributed by atoms with E-state index < -0.39 is 0 Å². The highest BCUT2D eigenvalue weighted by Crippen LogP contribution is 1.93. The summed E-state index contributed by atoms with van der Waals surface area (Å²) in [6, 6.07) is 0. The number of nitrogens with two attached hydrogens (primary N) is 1. The van der Waals surface area contributed by atoms with Crippen LogP contribution in [0.25, 0.3) is 0 Å². The van der Waals surface area contributed by atoms with Gasteiger partial charge in [0, 0.05) is 13.7 Å². The van der Waals surface area contributed by atoms with Gasteiger partial charge in [-0.05, 0) is 19.3 Å². The predicted octanol–water partition coefficient (Wildman–Crippen LogP) is 0.693. The van der Waals surface area contributed by atoms with Crippen molar-refractivity contribution in [2.24, 2.45) is 5.90 Å². The Morgan fingerprint density at radius 3 is 2.33 bits per heavy atom. The van der Waals surface area contributed by atoms with Crippen molar-refractivity contribution >= 4 is 0 Å². The molecule has 0 aromatic rings. The van der Waals surface area contributed by atoms with E-state index in [0.717, 1.165) is 25.9 Å². The van der Waals surface area contributed by atoms with Gasteiger partial charge >= 0.3 is 0 Å². The summed E-state index contributed by atoms with van der Waals surface area (Å²) in [6.45, 7) is 1.49. The van der Waals surface area contributed by atoms with Gasteiger partial charge in [-0.1, -0.05) is 0 Å². The minimum Gasteiger partial charge on any atom is -0.385 e. The average Bonchev–Trinajstić information content (AvgIpc) is 1.89. The van der Waals surface area contributed by atoms with Crippen molar-refractivity contribution in [2.75, 3.05) is 20.3 Å². The van der Waals surface area contributed by atoms with Crippen molar-refractivity contribution in [3.8, 4) is 0 Å². The number of rotatable bonds is 6. The molecule has 0 fully saturated rings. The second-order valence-corrected chi connectivity index (χ2v) is 1.92. The van der Waals surface area contributed by atoms with Crippen molar-refractivity contribution < 1.29 is 9.57 Å². The Labute approximate surface area is 56.1 Å². The minimum absolute atomic E-state index is 0.656. The van der Waals surface area contributed by atoms with Crippen LogP contribution in [0.5, 0.6) is 0 Å². The van der Waals surface area contributed by atoms with E-state index in [1.807, 2.05) is 0 Å². The normalized spacial score (nSPS) is 10.0. The molecule has 3 heteroatoms. The van der Waals surface area contributed by atoms with Gasteiger partial charge in [0.05, 0.1) is 6.61 Å². The summed E-state index contributed by atoms with van der Waals surface area (Å²) in [6.07, 6.45) is 3.25. The molecule has 0 spiro atoms. The molecule has 0 heterocycles. The predicted molar refractivity (Wildman–Crippen MR) is 35.9 cm³/mol. The van der Waals surface area contributed by atoms with Gasteiger partial charge < -0.3 is 9.57 Å². The third-order valence-corrected chi connectivity index (χ3v) is 1.11. The molecular weight excluding hydrogens is 118 g/mol. The number of unbranched alkanes of at least 4 members (excludes halogenated alkanes) is 2. The zero-order valence-electron chi connectivity index (χ0n) is 5.93. The maximum atomic E-state index is 4.85. The summed E-state index contributed by atoms with van der Waals surface area (Å²) in [4.78, 5) is 4.38. The SMILES string of the molecule is COCCCCCON. The highest BCUT2D eigenvalue weighted by molar-refractivity contribution is 4.38. The van der Waals surface area contributed by atoms with Gasteiger partial charge in [0.25, 0.3) is 0 Å². The van der Waals surface area contributed by atoms with Crippen molar-refractivity contribution in [2.45, 2.75) is 19.3 Å². The smallest absolute Gasteiger partial charge is 0.0679 e. The van der Waals surface area contributed by atoms with Crippen LogP contribution in [0, 0.1) is 0 Å². The number of hydrogen-bond acceptors (Lipinski definition) is 3. The molecule has 3 nitrogen and oxygen atoms in total. The number of hydrogen-bond donors (Lipinski definition) is 1. The van der Waals surface area contributed by atoms with Crippen LogP contribution in [0.15, 0.2) is 0 Å². The summed E-state index contributed by atoms with van der Waals surface area (Å²) in [5, 5.41) is 0. The Hall–Kier alpha value is -0.120. The van der Waals surface area contributed by atoms with Crippen LogP contribution >= 0.6 is 0 Å². The molecule has 0 unspecified atom stereocenters. The number of methoxy groups -OCH3 is 1. The molecule has 0 radical (unpaired) electrons. The molecule has 0 aliphatic carbocycles. The first-order valence-corrected chi connectivity index (χ1v) is 3.22. The van der Waals surface area contributed by atoms with Crippen molar-refractivity contribution in [3.05, 3.63) is 0 Å². The quantitative estimate of drug-likeness (QED) is 0.428. The van der Waals surface area contributed by atoms with E-state index >= 15 is 0 Å². The van der Waals surface area contributed by atoms with E-state index in [2.05, 4.69) is 4.84 Å². The summed E-state index contributed by atoms with van der Waals surface area (Å²) >= 11 is 0. The Morgan fingerprint density at radius 2 is 1.78 bits per heavy atom. The molecule has 0 saturated heterocycles. The molecule has 0 aliphatic rings. The van der Waals surface area contributed by atoms with Gasteiger partial charge in [-0.2, -0.15) is 0 Å². The fraction of sp³-hybridized carbons (Fsp3) is 1.00. The lowest BCUT2D eigenvalue weighted by Gasteiger charge is -1.97. The van der Waals surface area contributed by atoms with Crippen molar-refractivity contribution in [1.82, 2.24) is 0 Å². The van der Waals surface area contributed by atoms with Gasteiger partial charge in [-0.25, -0.2) is 5.90 Å². The zero-order valence-corrected chi connectivity index (χ0v) is 5.93. The first-order valence-electron chi connectivity index (χ1n) is 3.22. The van der Waals surface area contributed by atoms with E-state index in [-0.39, 0.29) is 0 Å². The Balaban J connectivity index is 2.60. The fourth-order valence-electron chi connectivity index (χ4n) is 0.609. The second kappa shape index (κ2) is 7.88. The lowest BCUT2D eigenvalue weighted by Crippen LogP contribution is -2.00. The Morgan fingerprint density at radius 1 is 1.11 bits per heavy atom. The second-order valence-electron chi connectivity index (χ2n) is 1.92. The van der Waals surface area contributed by atoms with Gasteiger partial charge in [0.15, 0.2) is 0 Å². The molecule has 0 bridgehead atoms. The minimum atomic E-state index is 0.656. The topological polar surface area (TPSA) is 44.5 Å². The molecule has 0 saturated carbocycles. The summed E-state index contributed by atoms with van der Waals surface area (Å²) < 4.78 is 4.85. The maximum Gasteiger partial charge on any atom is 0.0679 e. The lowest BCUT2D eigenvalue weighted by molar-refractivity contribution is 0.129. The third kappa shape index (κ3) is 7.88. The Bertz CT molecular complexity index is 44.3. The maximum absolute atomic E-state index is 4.85. The molecule has 0 rings (SSSR count). The molecular formula is C6H15NO2. The molecule has 0 aliphatic heterocycles. The summed E-state index contributed by atoms with van der Waals surface area (Å²) in [7, 11) is 1.71. The first-order chi connectivity index (χ1) is 4.41. The summed E-state index contributed by atoms with van der Waals surface area (Å²) in [5.41, 5.74) is 0. The van der Waals surface area contributed by atoms with Crippen LogP contribution in [0.4, 0.5) is 0 Å². The highest BCUT2D eigenvalue weighted by Gasteiger charge is 1.86. The van der Waals surface area contributed by atoms with E-state index in [9.17, 15) is 0 Å². The third-order valence-electron chi connectivity index (χ3n) is 1.11. The van der Waals surface area contributed by atoms with Gasteiger partial charge in [0.2, 0.25) is 0 Å². The van der Waals surface area contributed by atoms with E-state index in [0.29, 0.717) is 6.61 Å². The molecule has 56 valence electrons. The van der Waals surface area contributed by atoms with E-state index in [1.165, 1.54) is 0 Å². The van der Waals surface area contributed by atoms with Crippen LogP contribution < -0.4 is 5.90 Å². The average molecular weight is 133 g/mol. The lowest BCUT2D eigenvalue weighted by atomic mass is 10.2. The zero-order chi connectivity index (χ0) is 6.95. The largest absolute Gasteiger partial charge is 0.385 e. The van der Waals surface area contributed by atoms with Crippen LogP contribution in [0.3, 0.4) is 0 Å². The molecule has 0 atom stereocenters. The monoisotopic (exact) mass is 133 g/mol. The van der Waals surface area contributed by atoms with Crippen molar-refractivity contribution in [1.29, 1.82) is 0 Å². The first kappa shape index (κ1) is 8.88. The van der Waals surface area contributed by atoms with Gasteiger partial charge in [0.1, 0.15) is 0 Å². The fourth-order valence-corrected chi connectivity index (χ4v) is 0.609. The number of ether oxygens (including phenoxy) is 1. The van der Waals surface area contributed by atoms with Gasteiger partial charge in [-0.15, -0.1) is 0 Å². The highest BCUT2D eigenvalue weighted by atomic mass is 16.6. The van der Waals surface area contributed by atoms with Crippen LogP contribution in [0.2, 0.25) is 0 Å². The van der Waals surface area contributed by atoms with Crippen LogP contribution in [-0.4, -0.2) is 20.3 Å². The van der Waals surface area contributed by atoms with Crippen molar-refractivity contribution in [3.63, 3.8) is 0 Å². The van der Waals surface area contributed by atoms with E-state index in [4.69, 9.17) is 10.6 Å². The van der Waals surface area contributed by atoms with Crippen LogP contribution in [0.1, 0.15) is 19.3 Å². The standard InChI is InChI=1S/C6H15NO2/c1-8-5-3-2-4-6-9-7/h2-7H2,1H3. The van der Waals surface area contributed by atoms with Gasteiger partial charge in [-0.3, -0.25) is 0 Å². The molecule has 9 heavy (non-hydrogen) atoms. The molecule has 0 aromatic carbocycles. The summed E-state index contributed by atoms with van der Waals surface area (Å²) in [5.74, 6) is 4.81.